The van der Waals surface area contributed by atoms with Crippen molar-refractivity contribution in [3.8, 4) is 0 Å². The van der Waals surface area contributed by atoms with E-state index >= 15 is 0 Å². The first-order valence-corrected chi connectivity index (χ1v) is 7.83. The minimum absolute atomic E-state index is 0.260. The number of rotatable bonds is 2. The van der Waals surface area contributed by atoms with Crippen LogP contribution in [0.1, 0.15) is 30.1 Å². The van der Waals surface area contributed by atoms with Crippen LogP contribution in [-0.4, -0.2) is 35.2 Å². The summed E-state index contributed by atoms with van der Waals surface area (Å²) in [5.74, 6) is 0.979. The van der Waals surface area contributed by atoms with Crippen LogP contribution in [0.3, 0.4) is 0 Å². The normalized spacial score (nSPS) is 28.9. The Kier molecular flexibility index (Phi) is 2.95. The Morgan fingerprint density at radius 3 is 3.00 bits per heavy atom. The molecule has 2 aliphatic rings. The summed E-state index contributed by atoms with van der Waals surface area (Å²) in [7, 11) is 2.21. The fourth-order valence-corrected chi connectivity index (χ4v) is 4.53. The van der Waals surface area contributed by atoms with Gasteiger partial charge in [0.15, 0.2) is 0 Å². The van der Waals surface area contributed by atoms with Crippen molar-refractivity contribution in [2.75, 3.05) is 20.2 Å². The lowest BCUT2D eigenvalue weighted by molar-refractivity contribution is 0.0678. The summed E-state index contributed by atoms with van der Waals surface area (Å²) in [5.41, 5.74) is 5.08. The number of fused-ring (bicyclic) bond motifs is 6. The van der Waals surface area contributed by atoms with Crippen LogP contribution in [0.2, 0.25) is 0 Å². The van der Waals surface area contributed by atoms with E-state index < -0.39 is 0 Å². The number of H-pyrrole nitrogens is 1. The van der Waals surface area contributed by atoms with Crippen LogP contribution in [-0.2, 0) is 0 Å². The van der Waals surface area contributed by atoms with Gasteiger partial charge in [-0.05, 0) is 49.9 Å². The number of aromatic nitrogens is 1. The molecule has 3 heteroatoms. The number of hydrogen-bond donors (Lipinski definition) is 2. The summed E-state index contributed by atoms with van der Waals surface area (Å²) < 4.78 is 0. The molecule has 1 aromatic heterocycles. The molecule has 1 aromatic carbocycles. The lowest BCUT2D eigenvalue weighted by Gasteiger charge is -2.48. The van der Waals surface area contributed by atoms with Crippen molar-refractivity contribution in [3.63, 3.8) is 0 Å². The molecular weight excluding hydrogens is 260 g/mol. The summed E-state index contributed by atoms with van der Waals surface area (Å²) in [6, 6.07) is 8.93. The second-order valence-corrected chi connectivity index (χ2v) is 6.48. The van der Waals surface area contributed by atoms with Crippen LogP contribution in [0.15, 0.2) is 30.8 Å². The van der Waals surface area contributed by atoms with Gasteiger partial charge in [-0.1, -0.05) is 24.8 Å². The van der Waals surface area contributed by atoms with Crippen molar-refractivity contribution >= 4 is 16.5 Å². The van der Waals surface area contributed by atoms with Crippen molar-refractivity contribution in [1.29, 1.82) is 0 Å². The number of benzene rings is 1. The first-order valence-electron chi connectivity index (χ1n) is 7.83. The number of nitrogens with one attached hydrogen (secondary N) is 1. The lowest BCUT2D eigenvalue weighted by Crippen LogP contribution is -2.44. The summed E-state index contributed by atoms with van der Waals surface area (Å²) >= 11 is 0. The predicted octanol–water partition coefficient (Wildman–Crippen LogP) is 3.19. The Balaban J connectivity index is 1.97. The Labute approximate surface area is 125 Å². The van der Waals surface area contributed by atoms with Gasteiger partial charge in [-0.15, -0.1) is 0 Å². The maximum atomic E-state index is 9.50. The SMILES string of the molecule is C=C1c2[nH]c3ccccc3c2[C@H]2[C@@H](CCO)[C@@H]1CCN2C. The molecule has 0 spiro atoms. The minimum Gasteiger partial charge on any atom is -0.396 e. The topological polar surface area (TPSA) is 39.3 Å². The molecule has 0 radical (unpaired) electrons. The first-order chi connectivity index (χ1) is 10.2. The minimum atomic E-state index is 0.260. The highest BCUT2D eigenvalue weighted by Gasteiger charge is 2.45. The van der Waals surface area contributed by atoms with Crippen molar-refractivity contribution in [2.24, 2.45) is 11.8 Å². The smallest absolute Gasteiger partial charge is 0.0469 e. The van der Waals surface area contributed by atoms with E-state index in [1.54, 1.807) is 0 Å². The number of likely N-dealkylation sites (tertiary alicyclic amines) is 1. The first kappa shape index (κ1) is 13.1. The van der Waals surface area contributed by atoms with E-state index in [-0.39, 0.29) is 6.61 Å². The van der Waals surface area contributed by atoms with Gasteiger partial charge >= 0.3 is 0 Å². The predicted molar refractivity (Wildman–Crippen MR) is 86.0 cm³/mol. The third-order valence-corrected chi connectivity index (χ3v) is 5.46. The number of aliphatic hydroxyl groups is 1. The van der Waals surface area contributed by atoms with Gasteiger partial charge in [-0.3, -0.25) is 4.90 Å². The zero-order valence-electron chi connectivity index (χ0n) is 12.5. The van der Waals surface area contributed by atoms with Crippen LogP contribution >= 0.6 is 0 Å². The van der Waals surface area contributed by atoms with Crippen LogP contribution in [0.5, 0.6) is 0 Å². The third kappa shape index (κ3) is 1.74. The Morgan fingerprint density at radius 1 is 1.38 bits per heavy atom. The second-order valence-electron chi connectivity index (χ2n) is 6.48. The van der Waals surface area contributed by atoms with Gasteiger partial charge in [0.1, 0.15) is 0 Å². The standard InChI is InChI=1S/C18H22N2O/c1-11-12-7-9-20(2)18(13(12)8-10-21)16-14-5-3-4-6-15(14)19-17(11)16/h3-6,12-13,18-19,21H,1,7-10H2,2H3/t12-,13+,18-/m1/s1. The van der Waals surface area contributed by atoms with Crippen molar-refractivity contribution in [2.45, 2.75) is 18.9 Å². The van der Waals surface area contributed by atoms with E-state index in [2.05, 4.69) is 47.8 Å². The molecule has 2 bridgehead atoms. The molecule has 3 atom stereocenters. The lowest BCUT2D eigenvalue weighted by atomic mass is 9.66. The summed E-state index contributed by atoms with van der Waals surface area (Å²) in [6.07, 6.45) is 2.00. The maximum absolute atomic E-state index is 9.50. The number of hydrogen-bond acceptors (Lipinski definition) is 2. The Bertz CT molecular complexity index is 702. The van der Waals surface area contributed by atoms with Crippen molar-refractivity contribution in [1.82, 2.24) is 9.88 Å². The van der Waals surface area contributed by atoms with Crippen LogP contribution < -0.4 is 0 Å². The zero-order chi connectivity index (χ0) is 14.6. The van der Waals surface area contributed by atoms with Crippen LogP contribution in [0.25, 0.3) is 16.5 Å². The quantitative estimate of drug-likeness (QED) is 0.888. The summed E-state index contributed by atoms with van der Waals surface area (Å²) in [6.45, 7) is 5.76. The largest absolute Gasteiger partial charge is 0.396 e. The number of allylic oxidation sites excluding steroid dienone is 1. The second kappa shape index (κ2) is 4.72. The van der Waals surface area contributed by atoms with Gasteiger partial charge < -0.3 is 10.1 Å². The molecular formula is C18H22N2O. The highest BCUT2D eigenvalue weighted by molar-refractivity contribution is 5.91. The van der Waals surface area contributed by atoms with E-state index in [9.17, 15) is 5.11 Å². The van der Waals surface area contributed by atoms with E-state index in [0.29, 0.717) is 17.9 Å². The Hall–Kier alpha value is -1.58. The molecule has 21 heavy (non-hydrogen) atoms. The van der Waals surface area contributed by atoms with Crippen LogP contribution in [0.4, 0.5) is 0 Å². The molecule has 0 unspecified atom stereocenters. The van der Waals surface area contributed by atoms with E-state index in [1.807, 2.05) is 0 Å². The van der Waals surface area contributed by atoms with Crippen LogP contribution in [0, 0.1) is 11.8 Å². The average molecular weight is 282 g/mol. The number of aromatic amines is 1. The summed E-state index contributed by atoms with van der Waals surface area (Å²) in [5, 5.41) is 10.8. The van der Waals surface area contributed by atoms with Gasteiger partial charge in [-0.2, -0.15) is 0 Å². The molecule has 3 nitrogen and oxygen atoms in total. The van der Waals surface area contributed by atoms with Gasteiger partial charge in [0, 0.05) is 34.8 Å². The van der Waals surface area contributed by atoms with Gasteiger partial charge in [0.05, 0.1) is 0 Å². The molecule has 0 amide bonds. The van der Waals surface area contributed by atoms with Gasteiger partial charge in [0.2, 0.25) is 0 Å². The molecule has 2 heterocycles. The van der Waals surface area contributed by atoms with Gasteiger partial charge in [0.25, 0.3) is 0 Å². The number of nitrogens with zero attached hydrogens (tertiary/aromatic N) is 1. The van der Waals surface area contributed by atoms with Gasteiger partial charge in [-0.25, -0.2) is 0 Å². The fourth-order valence-electron chi connectivity index (χ4n) is 4.53. The fraction of sp³-hybridized carbons (Fsp3) is 0.444. The number of aliphatic hydroxyl groups excluding tert-OH is 1. The number of piperidine rings is 1. The Morgan fingerprint density at radius 2 is 2.19 bits per heavy atom. The third-order valence-electron chi connectivity index (χ3n) is 5.46. The molecule has 1 aliphatic carbocycles. The molecule has 4 rings (SSSR count). The monoisotopic (exact) mass is 282 g/mol. The van der Waals surface area contributed by atoms with E-state index in [1.165, 1.54) is 27.7 Å². The number of para-hydroxylation sites is 1. The molecule has 1 aliphatic heterocycles. The molecule has 110 valence electrons. The van der Waals surface area contributed by atoms with Crippen molar-refractivity contribution < 1.29 is 5.11 Å². The molecule has 1 fully saturated rings. The highest BCUT2D eigenvalue weighted by Crippen LogP contribution is 2.53. The van der Waals surface area contributed by atoms with E-state index in [0.717, 1.165) is 19.4 Å². The average Bonchev–Trinajstić information content (AvgIpc) is 2.86. The molecule has 2 aromatic rings. The molecule has 1 saturated heterocycles. The maximum Gasteiger partial charge on any atom is 0.0469 e. The van der Waals surface area contributed by atoms with Crippen molar-refractivity contribution in [3.05, 3.63) is 42.1 Å². The van der Waals surface area contributed by atoms with E-state index in [4.69, 9.17) is 0 Å². The molecule has 0 saturated carbocycles. The highest BCUT2D eigenvalue weighted by atomic mass is 16.3. The zero-order valence-corrected chi connectivity index (χ0v) is 12.5. The molecule has 2 N–H and O–H groups in total. The summed E-state index contributed by atoms with van der Waals surface area (Å²) in [4.78, 5) is 6.05.